The summed E-state index contributed by atoms with van der Waals surface area (Å²) in [6, 6.07) is 12.3. The Hall–Kier alpha value is -5.60. The number of ether oxygens (including phenoxy) is 2. The van der Waals surface area contributed by atoms with Gasteiger partial charge in [0.1, 0.15) is 29.6 Å². The zero-order chi connectivity index (χ0) is 32.4. The van der Waals surface area contributed by atoms with Crippen LogP contribution in [-0.2, 0) is 11.3 Å². The van der Waals surface area contributed by atoms with E-state index >= 15 is 0 Å². The third-order valence-corrected chi connectivity index (χ3v) is 7.96. The molecule has 1 aliphatic heterocycles. The molecule has 0 saturated heterocycles. The van der Waals surface area contributed by atoms with Crippen molar-refractivity contribution < 1.29 is 27.8 Å². The number of benzene rings is 2. The van der Waals surface area contributed by atoms with Crippen LogP contribution in [0.2, 0.25) is 0 Å². The maximum Gasteiger partial charge on any atom is 0.487 e. The van der Waals surface area contributed by atoms with Crippen LogP contribution in [0.15, 0.2) is 73.3 Å². The Morgan fingerprint density at radius 1 is 1.06 bits per heavy atom. The van der Waals surface area contributed by atoms with E-state index in [1.807, 2.05) is 13.0 Å². The van der Waals surface area contributed by atoms with Crippen LogP contribution in [0, 0.1) is 0 Å². The average molecular weight is 655 g/mol. The Kier molecular flexibility index (Phi) is 6.59. The predicted octanol–water partition coefficient (Wildman–Crippen LogP) is 5.80. The van der Waals surface area contributed by atoms with Crippen LogP contribution in [0.5, 0.6) is 5.75 Å². The number of alkyl halides is 3. The van der Waals surface area contributed by atoms with Crippen LogP contribution in [0.25, 0.3) is 39.4 Å². The Bertz CT molecular complexity index is 2230. The number of imidazole rings is 1. The molecule has 6 aromatic rings. The van der Waals surface area contributed by atoms with Gasteiger partial charge in [-0.1, -0.05) is 0 Å². The van der Waals surface area contributed by atoms with Gasteiger partial charge in [0.15, 0.2) is 0 Å². The van der Waals surface area contributed by atoms with Gasteiger partial charge in [-0.3, -0.25) is 14.6 Å². The largest absolute Gasteiger partial charge is 0.487 e. The van der Waals surface area contributed by atoms with E-state index in [2.05, 4.69) is 34.7 Å². The number of fused-ring (bicyclic) bond motifs is 6. The number of aromatic nitrogens is 7. The molecule has 0 bridgehead atoms. The maximum absolute atomic E-state index is 13.6. The molecule has 1 amide bonds. The van der Waals surface area contributed by atoms with Crippen molar-refractivity contribution in [2.24, 2.45) is 0 Å². The number of carbonyl (C=O) groups is 2. The molecule has 5 heterocycles. The number of rotatable bonds is 6. The van der Waals surface area contributed by atoms with E-state index in [9.17, 15) is 18.4 Å². The third-order valence-electron chi connectivity index (χ3n) is 7.88. The Labute approximate surface area is 269 Å². The first-order valence-electron chi connectivity index (χ1n) is 14.4. The number of hydrogen-bond donors (Lipinski definition) is 1. The molecule has 15 heteroatoms. The fourth-order valence-electron chi connectivity index (χ4n) is 5.90. The van der Waals surface area contributed by atoms with Gasteiger partial charge in [-0.15, -0.1) is 8.78 Å². The maximum atomic E-state index is 13.6. The van der Waals surface area contributed by atoms with Crippen molar-refractivity contribution in [2.75, 3.05) is 11.9 Å². The van der Waals surface area contributed by atoms with Gasteiger partial charge in [0.05, 0.1) is 29.2 Å². The second kappa shape index (κ2) is 10.7. The van der Waals surface area contributed by atoms with E-state index in [1.165, 1.54) is 28.9 Å². The van der Waals surface area contributed by atoms with Crippen LogP contribution in [0.4, 0.5) is 14.5 Å². The van der Waals surface area contributed by atoms with Crippen molar-refractivity contribution in [3.8, 4) is 34.1 Å². The molecule has 12 nitrogen and oxygen atoms in total. The smallest absolute Gasteiger partial charge is 0.420 e. The highest BCUT2D eigenvalue weighted by atomic mass is 35.5. The molecular weight excluding hydrogens is 634 g/mol. The summed E-state index contributed by atoms with van der Waals surface area (Å²) in [4.78, 5) is 44.7. The second-order valence-corrected chi connectivity index (χ2v) is 11.5. The lowest BCUT2D eigenvalue weighted by atomic mass is 9.99. The number of pyridine rings is 1. The first-order chi connectivity index (χ1) is 22.6. The van der Waals surface area contributed by atoms with E-state index in [1.54, 1.807) is 43.0 Å². The van der Waals surface area contributed by atoms with Crippen LogP contribution in [0.3, 0.4) is 0 Å². The van der Waals surface area contributed by atoms with Crippen LogP contribution in [0.1, 0.15) is 45.2 Å². The van der Waals surface area contributed by atoms with E-state index < -0.39 is 11.5 Å². The van der Waals surface area contributed by atoms with E-state index in [0.29, 0.717) is 64.1 Å². The lowest BCUT2D eigenvalue weighted by Crippen LogP contribution is -2.21. The molecule has 2 aliphatic rings. The second-order valence-electron chi connectivity index (χ2n) is 11.0. The Morgan fingerprint density at radius 2 is 1.85 bits per heavy atom. The first kappa shape index (κ1) is 28.8. The summed E-state index contributed by atoms with van der Waals surface area (Å²) in [5.41, 5.74) is 1.07. The zero-order valence-corrected chi connectivity index (χ0v) is 25.1. The minimum atomic E-state index is -3.86. The van der Waals surface area contributed by atoms with Crippen molar-refractivity contribution in [2.45, 2.75) is 25.1 Å². The van der Waals surface area contributed by atoms with Gasteiger partial charge in [0.2, 0.25) is 11.7 Å². The number of hydrogen-bond acceptors (Lipinski definition) is 9. The van der Waals surface area contributed by atoms with Crippen molar-refractivity contribution in [3.63, 3.8) is 0 Å². The SMILES string of the molecule is C[C@@H]1COCc2nc3cc(C(=O)Nc4ccc(OC(F)(F)Cl)cc4)cc(-c4cnc5c(c4)-c4nn(-c6ncccn6)cc4C5=O)c3n21. The highest BCUT2D eigenvalue weighted by molar-refractivity contribution is 6.21. The monoisotopic (exact) mass is 654 g/mol. The number of ketones is 1. The zero-order valence-electron chi connectivity index (χ0n) is 24.3. The summed E-state index contributed by atoms with van der Waals surface area (Å²) in [6.45, 7) is 2.80. The normalized spacial score (nSPS) is 15.3. The summed E-state index contributed by atoms with van der Waals surface area (Å²) >= 11 is 4.85. The summed E-state index contributed by atoms with van der Waals surface area (Å²) in [5.74, 6) is 0.131. The molecule has 47 heavy (non-hydrogen) atoms. The molecule has 2 aromatic carbocycles. The molecule has 1 atom stereocenters. The number of amides is 1. The summed E-state index contributed by atoms with van der Waals surface area (Å²) in [7, 11) is 0. The third kappa shape index (κ3) is 5.07. The number of nitrogens with one attached hydrogen (secondary N) is 1. The number of nitrogens with zero attached hydrogens (tertiary/aromatic N) is 7. The fraction of sp³-hybridized carbons (Fsp3) is 0.156. The van der Waals surface area contributed by atoms with Gasteiger partial charge >= 0.3 is 5.57 Å². The van der Waals surface area contributed by atoms with E-state index in [0.717, 1.165) is 5.52 Å². The molecule has 8 rings (SSSR count). The molecule has 0 spiro atoms. The van der Waals surface area contributed by atoms with Crippen LogP contribution >= 0.6 is 11.6 Å². The predicted molar refractivity (Wildman–Crippen MR) is 165 cm³/mol. The highest BCUT2D eigenvalue weighted by Crippen LogP contribution is 2.40. The standard InChI is InChI=1S/C32H21ClF2N8O4/c1-16-14-46-15-25-40-24-11-17(30(45)39-19-3-5-20(6-4-19)47-32(33,34)35)9-21(28(24)43(16)25)18-10-22-26-23(29(44)27(22)38-12-18)13-42(41-26)31-36-7-2-8-37-31/h2-13,16H,14-15H2,1H3,(H,39,45)/t16-/m1/s1. The van der Waals surface area contributed by atoms with Crippen molar-refractivity contribution in [3.05, 3.63) is 96.0 Å². The van der Waals surface area contributed by atoms with E-state index in [-0.39, 0.29) is 28.8 Å². The summed E-state index contributed by atoms with van der Waals surface area (Å²) in [5, 5.41) is 7.40. The lowest BCUT2D eigenvalue weighted by molar-refractivity contribution is -0.0964. The molecule has 1 aliphatic carbocycles. The van der Waals surface area contributed by atoms with Gasteiger partial charge in [0, 0.05) is 64.3 Å². The fourth-order valence-corrected chi connectivity index (χ4v) is 5.99. The molecule has 234 valence electrons. The highest BCUT2D eigenvalue weighted by Gasteiger charge is 2.33. The Morgan fingerprint density at radius 3 is 2.62 bits per heavy atom. The molecule has 0 radical (unpaired) electrons. The average Bonchev–Trinajstić information content (AvgIpc) is 3.73. The first-order valence-corrected chi connectivity index (χ1v) is 14.7. The van der Waals surface area contributed by atoms with E-state index in [4.69, 9.17) is 21.3 Å². The Balaban J connectivity index is 1.21. The van der Waals surface area contributed by atoms with Crippen molar-refractivity contribution in [1.29, 1.82) is 0 Å². The minimum Gasteiger partial charge on any atom is -0.420 e. The van der Waals surface area contributed by atoms with Gasteiger partial charge in [-0.2, -0.15) is 5.10 Å². The van der Waals surface area contributed by atoms with Crippen LogP contribution in [-0.4, -0.2) is 58.1 Å². The topological polar surface area (TPSA) is 139 Å². The van der Waals surface area contributed by atoms with Gasteiger partial charge in [0.25, 0.3) is 5.91 Å². The van der Waals surface area contributed by atoms with Crippen LogP contribution < -0.4 is 10.1 Å². The number of halogens is 3. The lowest BCUT2D eigenvalue weighted by Gasteiger charge is -2.23. The number of anilines is 1. The van der Waals surface area contributed by atoms with Gasteiger partial charge in [-0.05, 0) is 55.5 Å². The molecule has 4 aromatic heterocycles. The summed E-state index contributed by atoms with van der Waals surface area (Å²) in [6.07, 6.45) is 6.36. The van der Waals surface area contributed by atoms with Gasteiger partial charge in [-0.25, -0.2) is 19.6 Å². The van der Waals surface area contributed by atoms with Gasteiger partial charge < -0.3 is 19.4 Å². The molecule has 0 fully saturated rings. The molecule has 0 saturated carbocycles. The van der Waals surface area contributed by atoms with Crippen molar-refractivity contribution in [1.82, 2.24) is 34.3 Å². The number of carbonyl (C=O) groups excluding carboxylic acids is 2. The quantitative estimate of drug-likeness (QED) is 0.221. The molecule has 0 unspecified atom stereocenters. The molecule has 1 N–H and O–H groups in total. The summed E-state index contributed by atoms with van der Waals surface area (Å²) < 4.78 is 39.7. The van der Waals surface area contributed by atoms with Crippen molar-refractivity contribution >= 4 is 40.0 Å². The molecular formula is C32H21ClF2N8O4. The minimum absolute atomic E-state index is 0.0413.